The van der Waals surface area contributed by atoms with Crippen molar-refractivity contribution < 1.29 is 28.6 Å². The zero-order valence-electron chi connectivity index (χ0n) is 15.7. The van der Waals surface area contributed by atoms with E-state index in [4.69, 9.17) is 21.1 Å². The average Bonchev–Trinajstić information content (AvgIpc) is 3.18. The Labute approximate surface area is 171 Å². The number of benzene rings is 1. The normalized spacial score (nSPS) is 18.2. The van der Waals surface area contributed by atoms with Crippen LogP contribution in [0.15, 0.2) is 30.3 Å². The molecule has 29 heavy (non-hydrogen) atoms. The second kappa shape index (κ2) is 8.87. The van der Waals surface area contributed by atoms with Gasteiger partial charge in [-0.15, -0.1) is 0 Å². The summed E-state index contributed by atoms with van der Waals surface area (Å²) < 4.78 is 14.6. The fraction of sp³-hybridized carbons (Fsp3) is 0.316. The van der Waals surface area contributed by atoms with Crippen molar-refractivity contribution in [2.24, 2.45) is 0 Å². The summed E-state index contributed by atoms with van der Waals surface area (Å²) in [5, 5.41) is 0.456. The number of amides is 1. The molecule has 0 saturated carbocycles. The van der Waals surface area contributed by atoms with E-state index in [9.17, 15) is 14.4 Å². The number of halogens is 1. The highest BCUT2D eigenvalue weighted by Crippen LogP contribution is 2.40. The molecule has 2 atom stereocenters. The Morgan fingerprint density at radius 2 is 1.93 bits per heavy atom. The molecule has 152 valence electrons. The van der Waals surface area contributed by atoms with Crippen molar-refractivity contribution >= 4 is 29.9 Å². The summed E-state index contributed by atoms with van der Waals surface area (Å²) in [4.78, 5) is 45.8. The van der Waals surface area contributed by atoms with Crippen molar-refractivity contribution in [3.63, 3.8) is 0 Å². The molecule has 10 heteroatoms. The Kier molecular flexibility index (Phi) is 6.28. The van der Waals surface area contributed by atoms with E-state index in [-0.39, 0.29) is 24.1 Å². The maximum Gasteiger partial charge on any atom is 0.336 e. The zero-order valence-corrected chi connectivity index (χ0v) is 16.5. The first-order chi connectivity index (χ1) is 14.0. The Balaban J connectivity index is 2.05. The van der Waals surface area contributed by atoms with Crippen LogP contribution in [-0.4, -0.2) is 53.5 Å². The summed E-state index contributed by atoms with van der Waals surface area (Å²) >= 11 is 6.33. The molecule has 1 saturated heterocycles. The summed E-state index contributed by atoms with van der Waals surface area (Å²) in [6, 6.07) is 6.84. The van der Waals surface area contributed by atoms with Gasteiger partial charge in [0.05, 0.1) is 20.3 Å². The highest BCUT2D eigenvalue weighted by Gasteiger charge is 2.44. The molecule has 1 aliphatic rings. The number of ether oxygens (including phenoxy) is 3. The lowest BCUT2D eigenvalue weighted by Gasteiger charge is -2.29. The van der Waals surface area contributed by atoms with Crippen molar-refractivity contribution in [2.75, 3.05) is 14.2 Å². The molecule has 1 amide bonds. The highest BCUT2D eigenvalue weighted by atomic mass is 35.5. The molecule has 1 aromatic carbocycles. The molecule has 9 nitrogen and oxygen atoms in total. The molecule has 2 heterocycles. The standard InChI is InChI=1S/C19H18ClN3O6/c1-27-16-9-13(21-19(22-16)28-2)17(25)23-14(11-5-3-4-6-12(11)20)7-8-15(23)18(26)29-10-24/h3-6,9-10,14-15H,7-8H2,1-2H3/t14-,15+/m1/s1. The van der Waals surface area contributed by atoms with Gasteiger partial charge in [-0.2, -0.15) is 9.97 Å². The van der Waals surface area contributed by atoms with E-state index in [0.29, 0.717) is 23.4 Å². The number of likely N-dealkylation sites (tertiary alicyclic amines) is 1. The fourth-order valence-electron chi connectivity index (χ4n) is 3.34. The predicted octanol–water partition coefficient (Wildman–Crippen LogP) is 2.19. The third-order valence-corrected chi connectivity index (χ3v) is 4.96. The second-order valence-electron chi connectivity index (χ2n) is 6.16. The van der Waals surface area contributed by atoms with E-state index < -0.39 is 24.0 Å². The molecule has 0 unspecified atom stereocenters. The van der Waals surface area contributed by atoms with Gasteiger partial charge in [0, 0.05) is 11.1 Å². The number of aromatic nitrogens is 2. The van der Waals surface area contributed by atoms with Crippen molar-refractivity contribution in [2.45, 2.75) is 24.9 Å². The summed E-state index contributed by atoms with van der Waals surface area (Å²) in [6.07, 6.45) is 0.751. The van der Waals surface area contributed by atoms with Gasteiger partial charge < -0.3 is 19.1 Å². The summed E-state index contributed by atoms with van der Waals surface area (Å²) in [5.41, 5.74) is 0.647. The topological polar surface area (TPSA) is 108 Å². The first-order valence-corrected chi connectivity index (χ1v) is 9.06. The van der Waals surface area contributed by atoms with Crippen LogP contribution in [0.25, 0.3) is 0 Å². The molecule has 0 radical (unpaired) electrons. The minimum atomic E-state index is -0.971. The molecule has 1 aromatic heterocycles. The van der Waals surface area contributed by atoms with Crippen molar-refractivity contribution in [3.05, 3.63) is 46.6 Å². The number of carbonyl (C=O) groups excluding carboxylic acids is 3. The van der Waals surface area contributed by atoms with Gasteiger partial charge in [0.2, 0.25) is 5.88 Å². The molecular weight excluding hydrogens is 402 g/mol. The summed E-state index contributed by atoms with van der Waals surface area (Å²) in [7, 11) is 2.75. The lowest BCUT2D eigenvalue weighted by molar-refractivity contribution is -0.154. The second-order valence-corrected chi connectivity index (χ2v) is 6.57. The van der Waals surface area contributed by atoms with Crippen LogP contribution >= 0.6 is 11.6 Å². The molecule has 0 spiro atoms. The average molecular weight is 420 g/mol. The van der Waals surface area contributed by atoms with Crippen molar-refractivity contribution in [3.8, 4) is 11.9 Å². The van der Waals surface area contributed by atoms with Crippen LogP contribution in [0.4, 0.5) is 0 Å². The van der Waals surface area contributed by atoms with E-state index in [1.807, 2.05) is 0 Å². The zero-order chi connectivity index (χ0) is 21.0. The number of hydrogen-bond donors (Lipinski definition) is 0. The number of carbonyl (C=O) groups is 3. The van der Waals surface area contributed by atoms with Crippen LogP contribution in [0.2, 0.25) is 5.02 Å². The van der Waals surface area contributed by atoms with Gasteiger partial charge in [0.15, 0.2) is 0 Å². The van der Waals surface area contributed by atoms with Gasteiger partial charge in [-0.1, -0.05) is 29.8 Å². The third-order valence-electron chi connectivity index (χ3n) is 4.61. The molecule has 2 aromatic rings. The fourth-order valence-corrected chi connectivity index (χ4v) is 3.61. The van der Waals surface area contributed by atoms with Crippen molar-refractivity contribution in [1.29, 1.82) is 0 Å². The summed E-state index contributed by atoms with van der Waals surface area (Å²) in [5.74, 6) is -1.27. The van der Waals surface area contributed by atoms with Crippen LogP contribution in [0.1, 0.15) is 34.9 Å². The van der Waals surface area contributed by atoms with Gasteiger partial charge in [-0.3, -0.25) is 9.59 Å². The van der Waals surface area contributed by atoms with Gasteiger partial charge >= 0.3 is 18.5 Å². The molecule has 1 aliphatic heterocycles. The largest absolute Gasteiger partial charge is 0.481 e. The Morgan fingerprint density at radius 1 is 1.17 bits per heavy atom. The van der Waals surface area contributed by atoms with Crippen molar-refractivity contribution in [1.82, 2.24) is 14.9 Å². The minimum Gasteiger partial charge on any atom is -0.481 e. The van der Waals surface area contributed by atoms with Crippen LogP contribution in [0, 0.1) is 0 Å². The number of methoxy groups -OCH3 is 2. The number of esters is 1. The molecule has 1 fully saturated rings. The number of nitrogens with zero attached hydrogens (tertiary/aromatic N) is 3. The molecule has 0 aliphatic carbocycles. The van der Waals surface area contributed by atoms with Gasteiger partial charge in [0.25, 0.3) is 5.91 Å². The smallest absolute Gasteiger partial charge is 0.336 e. The molecule has 0 bridgehead atoms. The SMILES string of the molecule is COc1cc(C(=O)N2[C@@H](c3ccccc3Cl)CC[C@H]2C(=O)OC=O)nc(OC)n1. The van der Waals surface area contributed by atoms with Gasteiger partial charge in [-0.25, -0.2) is 4.79 Å². The third kappa shape index (κ3) is 4.14. The molecule has 0 N–H and O–H groups in total. The van der Waals surface area contributed by atoms with E-state index in [1.54, 1.807) is 24.3 Å². The van der Waals surface area contributed by atoms with Gasteiger partial charge in [-0.05, 0) is 24.5 Å². The first kappa shape index (κ1) is 20.5. The monoisotopic (exact) mass is 419 g/mol. The lowest BCUT2D eigenvalue weighted by Crippen LogP contribution is -2.43. The Hall–Kier alpha value is -3.20. The van der Waals surface area contributed by atoms with Crippen LogP contribution in [0.5, 0.6) is 11.9 Å². The Morgan fingerprint density at radius 3 is 2.59 bits per heavy atom. The van der Waals surface area contributed by atoms with E-state index in [2.05, 4.69) is 14.7 Å². The van der Waals surface area contributed by atoms with Gasteiger partial charge in [0.1, 0.15) is 11.7 Å². The van der Waals surface area contributed by atoms with E-state index in [0.717, 1.165) is 0 Å². The number of rotatable bonds is 6. The van der Waals surface area contributed by atoms with E-state index in [1.165, 1.54) is 25.2 Å². The first-order valence-electron chi connectivity index (χ1n) is 8.68. The molecule has 3 rings (SSSR count). The minimum absolute atomic E-state index is 0.0310. The maximum atomic E-state index is 13.4. The highest BCUT2D eigenvalue weighted by molar-refractivity contribution is 6.31. The van der Waals surface area contributed by atoms with Crippen LogP contribution < -0.4 is 9.47 Å². The summed E-state index contributed by atoms with van der Waals surface area (Å²) in [6.45, 7) is 0.0462. The molecular formula is C19H18ClN3O6. The number of hydrogen-bond acceptors (Lipinski definition) is 8. The predicted molar refractivity (Wildman–Crippen MR) is 101 cm³/mol. The van der Waals surface area contributed by atoms with Crippen LogP contribution in [0.3, 0.4) is 0 Å². The Bertz CT molecular complexity index is 916. The quantitative estimate of drug-likeness (QED) is 0.398. The lowest BCUT2D eigenvalue weighted by atomic mass is 10.0. The maximum absolute atomic E-state index is 13.4. The van der Waals surface area contributed by atoms with Crippen LogP contribution in [-0.2, 0) is 14.3 Å². The van der Waals surface area contributed by atoms with E-state index >= 15 is 0 Å².